The van der Waals surface area contributed by atoms with Crippen LogP contribution in [0.15, 0.2) is 42.5 Å². The van der Waals surface area contributed by atoms with E-state index in [0.717, 1.165) is 34.7 Å². The van der Waals surface area contributed by atoms with Gasteiger partial charge in [-0.3, -0.25) is 0 Å². The molecule has 0 spiro atoms. The molecule has 1 aliphatic rings. The average Bonchev–Trinajstić information content (AvgIpc) is 2.99. The summed E-state index contributed by atoms with van der Waals surface area (Å²) in [4.78, 5) is 3.53. The first-order valence-corrected chi connectivity index (χ1v) is 7.74. The Bertz CT molecular complexity index is 836. The van der Waals surface area contributed by atoms with Gasteiger partial charge in [0, 0.05) is 10.9 Å². The van der Waals surface area contributed by atoms with Crippen molar-refractivity contribution < 1.29 is 14.2 Å². The molecule has 2 heterocycles. The Hall–Kier alpha value is -2.46. The molecule has 1 atom stereocenters. The SMILES string of the molecule is COc1ccc(C2OCCc3c2[nH]c2ccc(OC)cc32)cc1. The van der Waals surface area contributed by atoms with Crippen LogP contribution in [0.2, 0.25) is 0 Å². The molecule has 4 heteroatoms. The van der Waals surface area contributed by atoms with E-state index < -0.39 is 0 Å². The number of ether oxygens (including phenoxy) is 3. The molecule has 0 radical (unpaired) electrons. The quantitative estimate of drug-likeness (QED) is 0.799. The molecule has 2 aromatic carbocycles. The minimum atomic E-state index is -0.0666. The normalized spacial score (nSPS) is 17.0. The van der Waals surface area contributed by atoms with E-state index in [2.05, 4.69) is 29.2 Å². The van der Waals surface area contributed by atoms with Crippen LogP contribution in [0.4, 0.5) is 0 Å². The Morgan fingerprint density at radius 2 is 1.74 bits per heavy atom. The maximum atomic E-state index is 6.05. The Kier molecular flexibility index (Phi) is 3.46. The zero-order valence-electron chi connectivity index (χ0n) is 13.3. The number of rotatable bonds is 3. The van der Waals surface area contributed by atoms with Crippen molar-refractivity contribution in [1.29, 1.82) is 0 Å². The molecule has 3 aromatic rings. The van der Waals surface area contributed by atoms with Gasteiger partial charge in [0.25, 0.3) is 0 Å². The summed E-state index contributed by atoms with van der Waals surface area (Å²) >= 11 is 0. The molecule has 0 fully saturated rings. The van der Waals surface area contributed by atoms with E-state index in [1.807, 2.05) is 18.2 Å². The highest BCUT2D eigenvalue weighted by atomic mass is 16.5. The van der Waals surface area contributed by atoms with Crippen molar-refractivity contribution in [2.24, 2.45) is 0 Å². The standard InChI is InChI=1S/C19H19NO3/c1-21-13-5-3-12(4-6-13)19-18-15(9-10-23-19)16-11-14(22-2)7-8-17(16)20-18/h3-8,11,19-20H,9-10H2,1-2H3. The van der Waals surface area contributed by atoms with E-state index >= 15 is 0 Å². The van der Waals surface area contributed by atoms with Crippen LogP contribution in [0.1, 0.15) is 22.9 Å². The predicted molar refractivity (Wildman–Crippen MR) is 89.3 cm³/mol. The maximum absolute atomic E-state index is 6.05. The maximum Gasteiger partial charge on any atom is 0.123 e. The molecule has 0 saturated heterocycles. The highest BCUT2D eigenvalue weighted by Crippen LogP contribution is 2.37. The van der Waals surface area contributed by atoms with Crippen molar-refractivity contribution in [3.05, 3.63) is 59.3 Å². The van der Waals surface area contributed by atoms with Crippen LogP contribution in [0, 0.1) is 0 Å². The van der Waals surface area contributed by atoms with Crippen molar-refractivity contribution in [1.82, 2.24) is 4.98 Å². The molecule has 4 rings (SSSR count). The fraction of sp³-hybridized carbons (Fsp3) is 0.263. The summed E-state index contributed by atoms with van der Waals surface area (Å²) < 4.78 is 16.6. The third-order valence-corrected chi connectivity index (χ3v) is 4.46. The molecule has 0 bridgehead atoms. The molecule has 23 heavy (non-hydrogen) atoms. The second kappa shape index (κ2) is 5.63. The van der Waals surface area contributed by atoms with E-state index in [1.54, 1.807) is 14.2 Å². The summed E-state index contributed by atoms with van der Waals surface area (Å²) in [6.45, 7) is 0.716. The van der Waals surface area contributed by atoms with Gasteiger partial charge in [-0.2, -0.15) is 0 Å². The number of methoxy groups -OCH3 is 2. The van der Waals surface area contributed by atoms with Gasteiger partial charge >= 0.3 is 0 Å². The lowest BCUT2D eigenvalue weighted by molar-refractivity contribution is 0.0677. The van der Waals surface area contributed by atoms with Crippen LogP contribution in [0.3, 0.4) is 0 Å². The molecule has 0 aliphatic carbocycles. The fourth-order valence-corrected chi connectivity index (χ4v) is 3.27. The van der Waals surface area contributed by atoms with E-state index in [9.17, 15) is 0 Å². The topological polar surface area (TPSA) is 43.5 Å². The Labute approximate surface area is 135 Å². The average molecular weight is 309 g/mol. The third kappa shape index (κ3) is 2.35. The molecule has 1 aromatic heterocycles. The molecule has 118 valence electrons. The molecule has 0 amide bonds. The summed E-state index contributed by atoms with van der Waals surface area (Å²) in [5, 5.41) is 1.22. The highest BCUT2D eigenvalue weighted by Gasteiger charge is 2.26. The molecular formula is C19H19NO3. The Morgan fingerprint density at radius 1 is 1.00 bits per heavy atom. The molecule has 1 aliphatic heterocycles. The zero-order valence-corrected chi connectivity index (χ0v) is 13.3. The number of aromatic amines is 1. The largest absolute Gasteiger partial charge is 0.497 e. The summed E-state index contributed by atoms with van der Waals surface area (Å²) in [5.41, 5.74) is 4.72. The van der Waals surface area contributed by atoms with Gasteiger partial charge in [0.1, 0.15) is 17.6 Å². The third-order valence-electron chi connectivity index (χ3n) is 4.46. The lowest BCUT2D eigenvalue weighted by atomic mass is 9.97. The van der Waals surface area contributed by atoms with Crippen molar-refractivity contribution in [2.75, 3.05) is 20.8 Å². The lowest BCUT2D eigenvalue weighted by Gasteiger charge is -2.24. The van der Waals surface area contributed by atoms with Crippen molar-refractivity contribution in [3.63, 3.8) is 0 Å². The second-order valence-electron chi connectivity index (χ2n) is 5.70. The van der Waals surface area contributed by atoms with Crippen LogP contribution in [0.5, 0.6) is 11.5 Å². The van der Waals surface area contributed by atoms with Gasteiger partial charge in [0.2, 0.25) is 0 Å². The van der Waals surface area contributed by atoms with Gasteiger partial charge in [-0.15, -0.1) is 0 Å². The Morgan fingerprint density at radius 3 is 2.48 bits per heavy atom. The zero-order chi connectivity index (χ0) is 15.8. The number of aromatic nitrogens is 1. The second-order valence-corrected chi connectivity index (χ2v) is 5.70. The number of hydrogen-bond acceptors (Lipinski definition) is 3. The van der Waals surface area contributed by atoms with Gasteiger partial charge in [-0.05, 0) is 47.9 Å². The molecule has 1 N–H and O–H groups in total. The van der Waals surface area contributed by atoms with E-state index in [-0.39, 0.29) is 6.10 Å². The smallest absolute Gasteiger partial charge is 0.123 e. The van der Waals surface area contributed by atoms with Crippen molar-refractivity contribution in [2.45, 2.75) is 12.5 Å². The summed E-state index contributed by atoms with van der Waals surface area (Å²) in [6.07, 6.45) is 0.845. The number of H-pyrrole nitrogens is 1. The molecule has 0 saturated carbocycles. The first-order chi connectivity index (χ1) is 11.3. The number of hydrogen-bond donors (Lipinski definition) is 1. The van der Waals surface area contributed by atoms with E-state index in [4.69, 9.17) is 14.2 Å². The summed E-state index contributed by atoms with van der Waals surface area (Å²) in [7, 11) is 3.37. The van der Waals surface area contributed by atoms with Crippen LogP contribution >= 0.6 is 0 Å². The first kappa shape index (κ1) is 14.2. The fourth-order valence-electron chi connectivity index (χ4n) is 3.27. The number of fused-ring (bicyclic) bond motifs is 3. The van der Waals surface area contributed by atoms with Gasteiger partial charge < -0.3 is 19.2 Å². The minimum Gasteiger partial charge on any atom is -0.497 e. The van der Waals surface area contributed by atoms with Crippen molar-refractivity contribution >= 4 is 10.9 Å². The minimum absolute atomic E-state index is 0.0666. The van der Waals surface area contributed by atoms with E-state index in [0.29, 0.717) is 6.61 Å². The van der Waals surface area contributed by atoms with Crippen LogP contribution < -0.4 is 9.47 Å². The van der Waals surface area contributed by atoms with Crippen LogP contribution in [-0.2, 0) is 11.2 Å². The summed E-state index contributed by atoms with van der Waals surface area (Å²) in [5.74, 6) is 1.73. The number of benzene rings is 2. The Balaban J connectivity index is 1.81. The van der Waals surface area contributed by atoms with Gasteiger partial charge in [-0.25, -0.2) is 0 Å². The summed E-state index contributed by atoms with van der Waals surface area (Å²) in [6, 6.07) is 14.2. The van der Waals surface area contributed by atoms with Crippen molar-refractivity contribution in [3.8, 4) is 11.5 Å². The molecule has 1 unspecified atom stereocenters. The van der Waals surface area contributed by atoms with Crippen LogP contribution in [-0.4, -0.2) is 25.8 Å². The monoisotopic (exact) mass is 309 g/mol. The number of nitrogens with one attached hydrogen (secondary N) is 1. The van der Waals surface area contributed by atoms with Gasteiger partial charge in [0.05, 0.1) is 26.5 Å². The first-order valence-electron chi connectivity index (χ1n) is 7.74. The van der Waals surface area contributed by atoms with Crippen LogP contribution in [0.25, 0.3) is 10.9 Å². The highest BCUT2D eigenvalue weighted by molar-refractivity contribution is 5.86. The molecule has 4 nitrogen and oxygen atoms in total. The predicted octanol–water partition coefficient (Wildman–Crippen LogP) is 3.85. The molecular weight excluding hydrogens is 290 g/mol. The lowest BCUT2D eigenvalue weighted by Crippen LogP contribution is -2.16. The van der Waals surface area contributed by atoms with Gasteiger partial charge in [-0.1, -0.05) is 12.1 Å². The van der Waals surface area contributed by atoms with E-state index in [1.165, 1.54) is 10.9 Å². The van der Waals surface area contributed by atoms with Gasteiger partial charge in [0.15, 0.2) is 0 Å².